The van der Waals surface area contributed by atoms with Crippen molar-refractivity contribution in [1.29, 1.82) is 0 Å². The zero-order chi connectivity index (χ0) is 14.5. The van der Waals surface area contributed by atoms with Crippen molar-refractivity contribution in [2.75, 3.05) is 6.79 Å². The lowest BCUT2D eigenvalue weighted by Crippen LogP contribution is -2.02. The summed E-state index contributed by atoms with van der Waals surface area (Å²) in [6.45, 7) is 0.717. The van der Waals surface area contributed by atoms with Gasteiger partial charge in [0.05, 0.1) is 6.61 Å². The Morgan fingerprint density at radius 1 is 0.810 bits per heavy atom. The van der Waals surface area contributed by atoms with Gasteiger partial charge in [0.25, 0.3) is 0 Å². The number of benzene rings is 3. The number of rotatable bonds is 5. The van der Waals surface area contributed by atoms with Crippen LogP contribution in [-0.4, -0.2) is 11.9 Å². The molecule has 0 bridgehead atoms. The van der Waals surface area contributed by atoms with Crippen LogP contribution in [0.5, 0.6) is 11.5 Å². The van der Waals surface area contributed by atoms with E-state index in [-0.39, 0.29) is 12.5 Å². The molecule has 0 aliphatic carbocycles. The molecule has 0 spiro atoms. The van der Waals surface area contributed by atoms with Crippen molar-refractivity contribution in [3.63, 3.8) is 0 Å². The number of hydrogen-bond acceptors (Lipinski definition) is 3. The number of phenolic OH excluding ortho intramolecular Hbond substituents is 1. The van der Waals surface area contributed by atoms with E-state index >= 15 is 0 Å². The number of aromatic hydroxyl groups is 1. The van der Waals surface area contributed by atoms with Crippen LogP contribution in [0.25, 0.3) is 10.8 Å². The minimum atomic E-state index is 0.194. The first-order chi connectivity index (χ1) is 10.3. The maximum atomic E-state index is 9.50. The molecule has 0 fully saturated rings. The van der Waals surface area contributed by atoms with Gasteiger partial charge in [0.1, 0.15) is 11.5 Å². The molecule has 0 amide bonds. The van der Waals surface area contributed by atoms with Gasteiger partial charge in [0.2, 0.25) is 0 Å². The molecule has 3 heteroatoms. The van der Waals surface area contributed by atoms with Crippen molar-refractivity contribution in [1.82, 2.24) is 0 Å². The molecule has 3 nitrogen and oxygen atoms in total. The number of hydrogen-bond donors (Lipinski definition) is 1. The Morgan fingerprint density at radius 3 is 2.48 bits per heavy atom. The lowest BCUT2D eigenvalue weighted by Gasteiger charge is -2.08. The summed E-state index contributed by atoms with van der Waals surface area (Å²) in [5.41, 5.74) is 1.12. The molecule has 3 rings (SSSR count). The monoisotopic (exact) mass is 280 g/mol. The molecule has 0 aliphatic heterocycles. The SMILES string of the molecule is Oc1ccc2ccc(OCOCc3ccccc3)cc2c1. The van der Waals surface area contributed by atoms with Crippen LogP contribution in [0, 0.1) is 0 Å². The maximum Gasteiger partial charge on any atom is 0.189 e. The van der Waals surface area contributed by atoms with E-state index in [0.29, 0.717) is 6.61 Å². The summed E-state index contributed by atoms with van der Waals surface area (Å²) in [5.74, 6) is 0.973. The fourth-order valence-electron chi connectivity index (χ4n) is 2.15. The molecule has 0 aliphatic rings. The van der Waals surface area contributed by atoms with Crippen LogP contribution in [0.1, 0.15) is 5.56 Å². The van der Waals surface area contributed by atoms with Crippen LogP contribution in [-0.2, 0) is 11.3 Å². The Kier molecular flexibility index (Phi) is 4.03. The second kappa shape index (κ2) is 6.29. The average molecular weight is 280 g/mol. The molecule has 0 heterocycles. The molecular formula is C18H16O3. The minimum absolute atomic E-state index is 0.194. The highest BCUT2D eigenvalue weighted by atomic mass is 16.7. The molecule has 3 aromatic carbocycles. The molecule has 0 unspecified atom stereocenters. The van der Waals surface area contributed by atoms with E-state index in [1.165, 1.54) is 0 Å². The van der Waals surface area contributed by atoms with Gasteiger partial charge in [-0.25, -0.2) is 0 Å². The van der Waals surface area contributed by atoms with Gasteiger partial charge in [-0.15, -0.1) is 0 Å². The predicted molar refractivity (Wildman–Crippen MR) is 82.3 cm³/mol. The second-order valence-corrected chi connectivity index (χ2v) is 4.79. The smallest absolute Gasteiger partial charge is 0.189 e. The Labute approximate surface area is 123 Å². The molecule has 21 heavy (non-hydrogen) atoms. The van der Waals surface area contributed by atoms with Crippen LogP contribution in [0.15, 0.2) is 66.7 Å². The highest BCUT2D eigenvalue weighted by Crippen LogP contribution is 2.24. The lowest BCUT2D eigenvalue weighted by atomic mass is 10.1. The molecule has 1 N–H and O–H groups in total. The molecule has 3 aromatic rings. The van der Waals surface area contributed by atoms with Crippen molar-refractivity contribution in [3.05, 3.63) is 72.3 Å². The van der Waals surface area contributed by atoms with Crippen LogP contribution >= 0.6 is 0 Å². The van der Waals surface area contributed by atoms with Crippen LogP contribution < -0.4 is 4.74 Å². The first-order valence-electron chi connectivity index (χ1n) is 6.78. The summed E-state index contributed by atoms with van der Waals surface area (Å²) in [5, 5.41) is 11.5. The third kappa shape index (κ3) is 3.52. The fraction of sp³-hybridized carbons (Fsp3) is 0.111. The first-order valence-corrected chi connectivity index (χ1v) is 6.78. The Morgan fingerprint density at radius 2 is 1.62 bits per heavy atom. The van der Waals surface area contributed by atoms with Gasteiger partial charge in [0, 0.05) is 0 Å². The van der Waals surface area contributed by atoms with Crippen molar-refractivity contribution < 1.29 is 14.6 Å². The van der Waals surface area contributed by atoms with E-state index < -0.39 is 0 Å². The van der Waals surface area contributed by atoms with Gasteiger partial charge in [-0.1, -0.05) is 42.5 Å². The van der Waals surface area contributed by atoms with Crippen molar-refractivity contribution in [2.45, 2.75) is 6.61 Å². The van der Waals surface area contributed by atoms with Crippen molar-refractivity contribution in [2.24, 2.45) is 0 Å². The summed E-state index contributed by atoms with van der Waals surface area (Å²) in [6.07, 6.45) is 0. The first kappa shape index (κ1) is 13.5. The Bertz CT molecular complexity index is 723. The average Bonchev–Trinajstić information content (AvgIpc) is 2.52. The van der Waals surface area contributed by atoms with Gasteiger partial charge < -0.3 is 14.6 Å². The van der Waals surface area contributed by atoms with E-state index in [4.69, 9.17) is 9.47 Å². The number of fused-ring (bicyclic) bond motifs is 1. The van der Waals surface area contributed by atoms with Gasteiger partial charge in [-0.3, -0.25) is 0 Å². The third-order valence-corrected chi connectivity index (χ3v) is 3.22. The quantitative estimate of drug-likeness (QED) is 0.565. The van der Waals surface area contributed by atoms with Gasteiger partial charge in [0.15, 0.2) is 6.79 Å². The van der Waals surface area contributed by atoms with Crippen LogP contribution in [0.2, 0.25) is 0 Å². The third-order valence-electron chi connectivity index (χ3n) is 3.22. The summed E-state index contributed by atoms with van der Waals surface area (Å²) < 4.78 is 11.1. The van der Waals surface area contributed by atoms with Crippen LogP contribution in [0.4, 0.5) is 0 Å². The number of phenols is 1. The zero-order valence-electron chi connectivity index (χ0n) is 11.5. The van der Waals surface area contributed by atoms with Gasteiger partial charge in [-0.2, -0.15) is 0 Å². The fourth-order valence-corrected chi connectivity index (χ4v) is 2.15. The van der Waals surface area contributed by atoms with E-state index in [2.05, 4.69) is 0 Å². The Balaban J connectivity index is 1.58. The highest BCUT2D eigenvalue weighted by Gasteiger charge is 1.99. The second-order valence-electron chi connectivity index (χ2n) is 4.79. The summed E-state index contributed by atoms with van der Waals surface area (Å²) in [6, 6.07) is 21.0. The predicted octanol–water partition coefficient (Wildman–Crippen LogP) is 4.10. The highest BCUT2D eigenvalue weighted by molar-refractivity contribution is 5.85. The van der Waals surface area contributed by atoms with Gasteiger partial charge >= 0.3 is 0 Å². The largest absolute Gasteiger partial charge is 0.508 e. The molecule has 0 atom stereocenters. The van der Waals surface area contributed by atoms with E-state index in [1.807, 2.05) is 54.6 Å². The van der Waals surface area contributed by atoms with Crippen molar-refractivity contribution >= 4 is 10.8 Å². The Hall–Kier alpha value is -2.52. The molecule has 0 saturated carbocycles. The van der Waals surface area contributed by atoms with Crippen molar-refractivity contribution in [3.8, 4) is 11.5 Å². The topological polar surface area (TPSA) is 38.7 Å². The van der Waals surface area contributed by atoms with E-state index in [0.717, 1.165) is 22.1 Å². The molecule has 0 aromatic heterocycles. The number of ether oxygens (including phenoxy) is 2. The molecule has 0 saturated heterocycles. The van der Waals surface area contributed by atoms with E-state index in [9.17, 15) is 5.11 Å². The standard InChI is InChI=1S/C18H16O3/c19-17-8-6-15-7-9-18(11-16(15)10-17)21-13-20-12-14-4-2-1-3-5-14/h1-11,19H,12-13H2. The minimum Gasteiger partial charge on any atom is -0.508 e. The summed E-state index contributed by atoms with van der Waals surface area (Å²) >= 11 is 0. The lowest BCUT2D eigenvalue weighted by molar-refractivity contribution is 0.00512. The summed E-state index contributed by atoms with van der Waals surface area (Å²) in [4.78, 5) is 0. The summed E-state index contributed by atoms with van der Waals surface area (Å²) in [7, 11) is 0. The maximum absolute atomic E-state index is 9.50. The normalized spacial score (nSPS) is 10.7. The molecule has 106 valence electrons. The molecule has 0 radical (unpaired) electrons. The zero-order valence-corrected chi connectivity index (χ0v) is 11.5. The van der Waals surface area contributed by atoms with Crippen LogP contribution in [0.3, 0.4) is 0 Å². The molecular weight excluding hydrogens is 264 g/mol. The van der Waals surface area contributed by atoms with E-state index in [1.54, 1.807) is 12.1 Å². The van der Waals surface area contributed by atoms with Gasteiger partial charge in [-0.05, 0) is 40.6 Å².